The number of hydrogen-bond acceptors (Lipinski definition) is 5. The second kappa shape index (κ2) is 5.40. The van der Waals surface area contributed by atoms with Gasteiger partial charge in [-0.15, -0.1) is 0 Å². The molecule has 1 N–H and O–H groups in total. The number of amides is 1. The summed E-state index contributed by atoms with van der Waals surface area (Å²) in [5, 5.41) is 6.33. The lowest BCUT2D eigenvalue weighted by atomic mass is 10.2. The first-order valence-corrected chi connectivity index (χ1v) is 5.29. The minimum atomic E-state index is -0.275. The standard InChI is InChI=1S/C10H9ClN4O2/c11-9-7(2-1-4-12-9)10(16)13-5-3-8-14-6-15-17-8/h1-2,4,6H,3,5H2,(H,13,16). The third kappa shape index (κ3) is 3.01. The minimum Gasteiger partial charge on any atom is -0.351 e. The summed E-state index contributed by atoms with van der Waals surface area (Å²) in [4.78, 5) is 19.3. The maximum Gasteiger partial charge on any atom is 0.254 e. The van der Waals surface area contributed by atoms with Gasteiger partial charge < -0.3 is 9.84 Å². The predicted octanol–water partition coefficient (Wildman–Crippen LogP) is 1.09. The van der Waals surface area contributed by atoms with E-state index >= 15 is 0 Å². The maximum absolute atomic E-state index is 11.7. The number of nitrogens with zero attached hydrogens (tertiary/aromatic N) is 3. The van der Waals surface area contributed by atoms with Gasteiger partial charge in [0.15, 0.2) is 6.33 Å². The van der Waals surface area contributed by atoms with Gasteiger partial charge in [-0.25, -0.2) is 4.98 Å². The predicted molar refractivity (Wildman–Crippen MR) is 59.6 cm³/mol. The molecule has 7 heteroatoms. The molecule has 0 aliphatic rings. The van der Waals surface area contributed by atoms with E-state index in [-0.39, 0.29) is 11.1 Å². The van der Waals surface area contributed by atoms with E-state index < -0.39 is 0 Å². The highest BCUT2D eigenvalue weighted by molar-refractivity contribution is 6.32. The summed E-state index contributed by atoms with van der Waals surface area (Å²) in [6.45, 7) is 0.395. The molecule has 2 heterocycles. The Hall–Kier alpha value is -1.95. The second-order valence-corrected chi connectivity index (χ2v) is 3.54. The number of nitrogens with one attached hydrogen (secondary N) is 1. The van der Waals surface area contributed by atoms with E-state index in [2.05, 4.69) is 20.4 Å². The number of carbonyl (C=O) groups excluding carboxylic acids is 1. The number of rotatable bonds is 4. The first kappa shape index (κ1) is 11.5. The lowest BCUT2D eigenvalue weighted by Gasteiger charge is -2.04. The largest absolute Gasteiger partial charge is 0.351 e. The van der Waals surface area contributed by atoms with Crippen LogP contribution in [0.1, 0.15) is 16.2 Å². The van der Waals surface area contributed by atoms with E-state index in [1.807, 2.05) is 0 Å². The van der Waals surface area contributed by atoms with E-state index in [0.717, 1.165) is 0 Å². The van der Waals surface area contributed by atoms with Gasteiger partial charge in [0, 0.05) is 19.2 Å². The first-order chi connectivity index (χ1) is 8.27. The smallest absolute Gasteiger partial charge is 0.254 e. The summed E-state index contributed by atoms with van der Waals surface area (Å²) < 4.78 is 4.79. The molecular weight excluding hydrogens is 244 g/mol. The lowest BCUT2D eigenvalue weighted by Crippen LogP contribution is -2.26. The molecule has 0 unspecified atom stereocenters. The highest BCUT2D eigenvalue weighted by Crippen LogP contribution is 2.10. The molecule has 0 bridgehead atoms. The summed E-state index contributed by atoms with van der Waals surface area (Å²) >= 11 is 5.78. The minimum absolute atomic E-state index is 0.183. The highest BCUT2D eigenvalue weighted by Gasteiger charge is 2.10. The molecule has 6 nitrogen and oxygen atoms in total. The SMILES string of the molecule is O=C(NCCc1ncno1)c1cccnc1Cl. The van der Waals surface area contributed by atoms with Gasteiger partial charge in [-0.1, -0.05) is 16.8 Å². The molecule has 2 aromatic rings. The number of hydrogen-bond donors (Lipinski definition) is 1. The van der Waals surface area contributed by atoms with Crippen molar-refractivity contribution in [1.82, 2.24) is 20.4 Å². The molecule has 2 aromatic heterocycles. The van der Waals surface area contributed by atoms with Crippen LogP contribution in [0.5, 0.6) is 0 Å². The number of aromatic nitrogens is 3. The van der Waals surface area contributed by atoms with Crippen molar-refractivity contribution in [2.75, 3.05) is 6.54 Å². The summed E-state index contributed by atoms with van der Waals surface area (Å²) in [5.74, 6) is 0.199. The fourth-order valence-corrected chi connectivity index (χ4v) is 1.44. The molecule has 0 aromatic carbocycles. The Morgan fingerprint density at radius 1 is 1.47 bits per heavy atom. The normalized spacial score (nSPS) is 10.2. The Kier molecular flexibility index (Phi) is 3.66. The van der Waals surface area contributed by atoms with Crippen LogP contribution >= 0.6 is 11.6 Å². The molecule has 0 aliphatic heterocycles. The van der Waals surface area contributed by atoms with Crippen molar-refractivity contribution >= 4 is 17.5 Å². The summed E-state index contributed by atoms with van der Waals surface area (Å²) in [5.41, 5.74) is 0.347. The van der Waals surface area contributed by atoms with Crippen molar-refractivity contribution in [3.8, 4) is 0 Å². The number of halogens is 1. The number of pyridine rings is 1. The van der Waals surface area contributed by atoms with Gasteiger partial charge in [0.2, 0.25) is 5.89 Å². The van der Waals surface area contributed by atoms with Gasteiger partial charge >= 0.3 is 0 Å². The summed E-state index contributed by atoms with van der Waals surface area (Å²) in [6, 6.07) is 3.26. The second-order valence-electron chi connectivity index (χ2n) is 3.18. The Bertz CT molecular complexity index is 501. The molecule has 0 saturated heterocycles. The zero-order chi connectivity index (χ0) is 12.1. The fraction of sp³-hybridized carbons (Fsp3) is 0.200. The lowest BCUT2D eigenvalue weighted by molar-refractivity contribution is 0.0953. The van der Waals surface area contributed by atoms with Gasteiger partial charge in [0.1, 0.15) is 5.15 Å². The average Bonchev–Trinajstić information content (AvgIpc) is 2.82. The topological polar surface area (TPSA) is 80.9 Å². The van der Waals surface area contributed by atoms with Gasteiger partial charge in [0.25, 0.3) is 5.91 Å². The van der Waals surface area contributed by atoms with Crippen LogP contribution in [0.15, 0.2) is 29.2 Å². The third-order valence-corrected chi connectivity index (χ3v) is 2.34. The van der Waals surface area contributed by atoms with Crippen molar-refractivity contribution in [1.29, 1.82) is 0 Å². The molecule has 1 amide bonds. The zero-order valence-corrected chi connectivity index (χ0v) is 9.52. The van der Waals surface area contributed by atoms with Crippen LogP contribution in [0.25, 0.3) is 0 Å². The molecule has 2 rings (SSSR count). The highest BCUT2D eigenvalue weighted by atomic mass is 35.5. The van der Waals surface area contributed by atoms with Crippen molar-refractivity contribution in [2.45, 2.75) is 6.42 Å². The van der Waals surface area contributed by atoms with Crippen LogP contribution in [-0.2, 0) is 6.42 Å². The average molecular weight is 253 g/mol. The van der Waals surface area contributed by atoms with Crippen LogP contribution in [-0.4, -0.2) is 27.6 Å². The Morgan fingerprint density at radius 3 is 3.06 bits per heavy atom. The van der Waals surface area contributed by atoms with Crippen molar-refractivity contribution in [3.63, 3.8) is 0 Å². The monoisotopic (exact) mass is 252 g/mol. The molecule has 0 atom stereocenters. The molecular formula is C10H9ClN4O2. The van der Waals surface area contributed by atoms with Crippen LogP contribution in [0.3, 0.4) is 0 Å². The molecule has 0 saturated carbocycles. The van der Waals surface area contributed by atoms with Crippen molar-refractivity contribution in [2.24, 2.45) is 0 Å². The van der Waals surface area contributed by atoms with Gasteiger partial charge in [-0.05, 0) is 12.1 Å². The van der Waals surface area contributed by atoms with E-state index in [1.54, 1.807) is 12.1 Å². The van der Waals surface area contributed by atoms with Gasteiger partial charge in [-0.2, -0.15) is 4.98 Å². The Morgan fingerprint density at radius 2 is 2.35 bits per heavy atom. The van der Waals surface area contributed by atoms with Crippen LogP contribution < -0.4 is 5.32 Å². The Labute approximate surface area is 102 Å². The third-order valence-electron chi connectivity index (χ3n) is 2.04. The van der Waals surface area contributed by atoms with E-state index in [9.17, 15) is 4.79 Å². The van der Waals surface area contributed by atoms with Gasteiger partial charge in [-0.3, -0.25) is 4.79 Å². The molecule has 0 spiro atoms. The number of carbonyl (C=O) groups is 1. The van der Waals surface area contributed by atoms with Gasteiger partial charge in [0.05, 0.1) is 5.56 Å². The van der Waals surface area contributed by atoms with Crippen LogP contribution in [0.4, 0.5) is 0 Å². The van der Waals surface area contributed by atoms with E-state index in [4.69, 9.17) is 16.1 Å². The molecule has 0 fully saturated rings. The van der Waals surface area contributed by atoms with Crippen LogP contribution in [0, 0.1) is 0 Å². The van der Waals surface area contributed by atoms with Crippen molar-refractivity contribution < 1.29 is 9.32 Å². The molecule has 88 valence electrons. The van der Waals surface area contributed by atoms with Crippen molar-refractivity contribution in [3.05, 3.63) is 41.3 Å². The quantitative estimate of drug-likeness (QED) is 0.824. The summed E-state index contributed by atoms with van der Waals surface area (Å²) in [6.07, 6.45) is 3.32. The molecule has 0 aliphatic carbocycles. The van der Waals surface area contributed by atoms with Crippen LogP contribution in [0.2, 0.25) is 5.15 Å². The van der Waals surface area contributed by atoms with E-state index in [1.165, 1.54) is 12.5 Å². The first-order valence-electron chi connectivity index (χ1n) is 4.91. The fourth-order valence-electron chi connectivity index (χ4n) is 1.24. The Balaban J connectivity index is 1.88. The molecule has 17 heavy (non-hydrogen) atoms. The van der Waals surface area contributed by atoms with E-state index in [0.29, 0.717) is 24.4 Å². The zero-order valence-electron chi connectivity index (χ0n) is 8.76. The molecule has 0 radical (unpaired) electrons. The summed E-state index contributed by atoms with van der Waals surface area (Å²) in [7, 11) is 0. The maximum atomic E-state index is 11.7.